The molecular weight excluding hydrogens is 160 g/mol. The summed E-state index contributed by atoms with van der Waals surface area (Å²) in [4.78, 5) is 0. The van der Waals surface area contributed by atoms with E-state index < -0.39 is 0 Å². The number of aliphatic hydroxyl groups excluding tert-OH is 1. The maximum Gasteiger partial charge on any atom is 0.0790 e. The van der Waals surface area contributed by atoms with Crippen LogP contribution in [0, 0.1) is 5.92 Å². The summed E-state index contributed by atoms with van der Waals surface area (Å²) in [7, 11) is 0. The molecule has 1 heteroatoms. The predicted molar refractivity (Wildman–Crippen MR) is 55.5 cm³/mol. The first kappa shape index (κ1) is 10.3. The first-order valence-corrected chi connectivity index (χ1v) is 4.93. The van der Waals surface area contributed by atoms with Gasteiger partial charge in [0.1, 0.15) is 0 Å². The molecule has 0 heterocycles. The Morgan fingerprint density at radius 2 is 1.69 bits per heavy atom. The van der Waals surface area contributed by atoms with Gasteiger partial charge in [0.2, 0.25) is 0 Å². The van der Waals surface area contributed by atoms with Crippen molar-refractivity contribution in [3.8, 4) is 0 Å². The Kier molecular flexibility index (Phi) is 3.97. The Balaban J connectivity index is 2.44. The highest BCUT2D eigenvalue weighted by atomic mass is 16.3. The molecule has 0 bridgehead atoms. The van der Waals surface area contributed by atoms with Crippen molar-refractivity contribution in [2.75, 3.05) is 0 Å². The van der Waals surface area contributed by atoms with E-state index in [1.165, 1.54) is 0 Å². The molecule has 1 N–H and O–H groups in total. The van der Waals surface area contributed by atoms with Crippen LogP contribution >= 0.6 is 0 Å². The summed E-state index contributed by atoms with van der Waals surface area (Å²) in [6.07, 6.45) is 1.65. The standard InChI is InChI=1S/C12H18O/c1-10(2)8-9-12(13)11-6-4-3-5-7-11/h3-7,10,12-13H,8-9H2,1-2H3/t12-/m0/s1. The van der Waals surface area contributed by atoms with Crippen LogP contribution in [0.15, 0.2) is 30.3 Å². The number of benzene rings is 1. The van der Waals surface area contributed by atoms with Crippen LogP contribution in [0.5, 0.6) is 0 Å². The Labute approximate surface area is 80.4 Å². The van der Waals surface area contributed by atoms with E-state index in [4.69, 9.17) is 0 Å². The normalized spacial score (nSPS) is 13.2. The lowest BCUT2D eigenvalue weighted by Crippen LogP contribution is -1.99. The highest BCUT2D eigenvalue weighted by molar-refractivity contribution is 5.16. The molecule has 0 amide bonds. The van der Waals surface area contributed by atoms with Crippen molar-refractivity contribution in [2.45, 2.75) is 32.8 Å². The van der Waals surface area contributed by atoms with Crippen molar-refractivity contribution in [3.63, 3.8) is 0 Å². The molecule has 13 heavy (non-hydrogen) atoms. The molecule has 1 atom stereocenters. The van der Waals surface area contributed by atoms with Gasteiger partial charge < -0.3 is 5.11 Å². The second kappa shape index (κ2) is 5.03. The van der Waals surface area contributed by atoms with Gasteiger partial charge in [-0.1, -0.05) is 44.2 Å². The topological polar surface area (TPSA) is 20.2 Å². The summed E-state index contributed by atoms with van der Waals surface area (Å²) in [6.45, 7) is 4.36. The first-order chi connectivity index (χ1) is 6.20. The second-order valence-corrected chi connectivity index (χ2v) is 3.90. The average molecular weight is 178 g/mol. The maximum absolute atomic E-state index is 9.77. The van der Waals surface area contributed by atoms with Gasteiger partial charge in [0, 0.05) is 0 Å². The van der Waals surface area contributed by atoms with E-state index in [2.05, 4.69) is 13.8 Å². The van der Waals surface area contributed by atoms with Gasteiger partial charge in [-0.3, -0.25) is 0 Å². The van der Waals surface area contributed by atoms with Crippen molar-refractivity contribution >= 4 is 0 Å². The van der Waals surface area contributed by atoms with Crippen LogP contribution in [0.4, 0.5) is 0 Å². The molecule has 0 radical (unpaired) electrons. The zero-order valence-corrected chi connectivity index (χ0v) is 8.40. The molecule has 0 aliphatic carbocycles. The summed E-state index contributed by atoms with van der Waals surface area (Å²) in [6, 6.07) is 9.86. The minimum absolute atomic E-state index is 0.288. The predicted octanol–water partition coefficient (Wildman–Crippen LogP) is 3.16. The number of aliphatic hydroxyl groups is 1. The number of rotatable bonds is 4. The van der Waals surface area contributed by atoms with E-state index in [0.29, 0.717) is 5.92 Å². The van der Waals surface area contributed by atoms with Gasteiger partial charge in [0.25, 0.3) is 0 Å². The van der Waals surface area contributed by atoms with Crippen molar-refractivity contribution < 1.29 is 5.11 Å². The SMILES string of the molecule is CC(C)CC[C@H](O)c1ccccc1. The van der Waals surface area contributed by atoms with Crippen molar-refractivity contribution in [2.24, 2.45) is 5.92 Å². The van der Waals surface area contributed by atoms with Crippen molar-refractivity contribution in [1.29, 1.82) is 0 Å². The number of hydrogen-bond acceptors (Lipinski definition) is 1. The van der Waals surface area contributed by atoms with Crippen LogP contribution in [-0.2, 0) is 0 Å². The Bertz CT molecular complexity index is 228. The molecule has 0 saturated carbocycles. The van der Waals surface area contributed by atoms with Crippen LogP contribution in [0.3, 0.4) is 0 Å². The molecule has 0 aliphatic heterocycles. The molecule has 72 valence electrons. The fraction of sp³-hybridized carbons (Fsp3) is 0.500. The van der Waals surface area contributed by atoms with Crippen LogP contribution < -0.4 is 0 Å². The van der Waals surface area contributed by atoms with Crippen LogP contribution in [0.1, 0.15) is 38.4 Å². The largest absolute Gasteiger partial charge is 0.388 e. The lowest BCUT2D eigenvalue weighted by molar-refractivity contribution is 0.159. The third-order valence-electron chi connectivity index (χ3n) is 2.20. The summed E-state index contributed by atoms with van der Waals surface area (Å²) >= 11 is 0. The third-order valence-corrected chi connectivity index (χ3v) is 2.20. The molecule has 0 unspecified atom stereocenters. The molecule has 0 spiro atoms. The molecule has 0 aromatic heterocycles. The van der Waals surface area contributed by atoms with Gasteiger partial charge in [-0.05, 0) is 24.3 Å². The van der Waals surface area contributed by atoms with Gasteiger partial charge in [-0.15, -0.1) is 0 Å². The molecular formula is C12H18O. The lowest BCUT2D eigenvalue weighted by atomic mass is 10.0. The van der Waals surface area contributed by atoms with Gasteiger partial charge in [-0.2, -0.15) is 0 Å². The summed E-state index contributed by atoms with van der Waals surface area (Å²) in [5, 5.41) is 9.77. The van der Waals surface area contributed by atoms with Crippen LogP contribution in [0.2, 0.25) is 0 Å². The first-order valence-electron chi connectivity index (χ1n) is 4.93. The minimum Gasteiger partial charge on any atom is -0.388 e. The molecule has 1 nitrogen and oxygen atoms in total. The third kappa shape index (κ3) is 3.60. The fourth-order valence-electron chi connectivity index (χ4n) is 1.33. The Morgan fingerprint density at radius 1 is 1.08 bits per heavy atom. The van der Waals surface area contributed by atoms with E-state index in [-0.39, 0.29) is 6.10 Å². The zero-order valence-electron chi connectivity index (χ0n) is 8.40. The molecule has 0 saturated heterocycles. The van der Waals surface area contributed by atoms with Crippen molar-refractivity contribution in [1.82, 2.24) is 0 Å². The molecule has 1 aromatic carbocycles. The molecule has 0 fully saturated rings. The maximum atomic E-state index is 9.77. The Hall–Kier alpha value is -0.820. The summed E-state index contributed by atoms with van der Waals surface area (Å²) in [5.41, 5.74) is 1.03. The molecule has 1 rings (SSSR count). The smallest absolute Gasteiger partial charge is 0.0790 e. The van der Waals surface area contributed by atoms with Crippen LogP contribution in [-0.4, -0.2) is 5.11 Å². The highest BCUT2D eigenvalue weighted by Crippen LogP contribution is 2.19. The van der Waals surface area contributed by atoms with Gasteiger partial charge in [0.15, 0.2) is 0 Å². The molecule has 0 aliphatic rings. The Morgan fingerprint density at radius 3 is 2.23 bits per heavy atom. The van der Waals surface area contributed by atoms with E-state index >= 15 is 0 Å². The van der Waals surface area contributed by atoms with E-state index in [1.54, 1.807) is 0 Å². The zero-order chi connectivity index (χ0) is 9.68. The fourth-order valence-corrected chi connectivity index (χ4v) is 1.33. The monoisotopic (exact) mass is 178 g/mol. The second-order valence-electron chi connectivity index (χ2n) is 3.90. The van der Waals surface area contributed by atoms with Gasteiger partial charge >= 0.3 is 0 Å². The summed E-state index contributed by atoms with van der Waals surface area (Å²) < 4.78 is 0. The van der Waals surface area contributed by atoms with Crippen molar-refractivity contribution in [3.05, 3.63) is 35.9 Å². The average Bonchev–Trinajstić information content (AvgIpc) is 2.15. The van der Waals surface area contributed by atoms with E-state index in [9.17, 15) is 5.11 Å². The van der Waals surface area contributed by atoms with Crippen LogP contribution in [0.25, 0.3) is 0 Å². The molecule has 1 aromatic rings. The quantitative estimate of drug-likeness (QED) is 0.751. The number of hydrogen-bond donors (Lipinski definition) is 1. The minimum atomic E-state index is -0.288. The highest BCUT2D eigenvalue weighted by Gasteiger charge is 2.06. The van der Waals surface area contributed by atoms with E-state index in [1.807, 2.05) is 30.3 Å². The summed E-state index contributed by atoms with van der Waals surface area (Å²) in [5.74, 6) is 0.665. The lowest BCUT2D eigenvalue weighted by Gasteiger charge is -2.11. The van der Waals surface area contributed by atoms with E-state index in [0.717, 1.165) is 18.4 Å². The van der Waals surface area contributed by atoms with Gasteiger partial charge in [-0.25, -0.2) is 0 Å². The van der Waals surface area contributed by atoms with Gasteiger partial charge in [0.05, 0.1) is 6.10 Å².